The predicted octanol–water partition coefficient (Wildman–Crippen LogP) is 1.05. The molecule has 9 nitrogen and oxygen atoms in total. The number of H-pyrrole nitrogens is 1. The number of fused-ring (bicyclic) bond motifs is 1. The van der Waals surface area contributed by atoms with Crippen molar-refractivity contribution in [2.75, 3.05) is 7.05 Å². The second kappa shape index (κ2) is 7.07. The molecule has 0 radical (unpaired) electrons. The van der Waals surface area contributed by atoms with Gasteiger partial charge in [0.15, 0.2) is 0 Å². The topological polar surface area (TPSA) is 156 Å². The molecule has 0 aliphatic heterocycles. The number of aromatic nitrogens is 2. The number of hydrogen-bond donors (Lipinski definition) is 5. The summed E-state index contributed by atoms with van der Waals surface area (Å²) >= 11 is 0. The van der Waals surface area contributed by atoms with Crippen molar-refractivity contribution < 1.29 is 19.8 Å². The number of carboxylic acids is 1. The Morgan fingerprint density at radius 3 is 2.50 bits per heavy atom. The van der Waals surface area contributed by atoms with Crippen LogP contribution in [0.3, 0.4) is 0 Å². The Morgan fingerprint density at radius 1 is 1.41 bits per heavy atom. The third-order valence-electron chi connectivity index (χ3n) is 2.54. The minimum Gasteiger partial charge on any atom is -0.481 e. The number of nitrogen functional groups attached to an aromatic ring is 1. The summed E-state index contributed by atoms with van der Waals surface area (Å²) in [7, 11) is 1.49. The molecular weight excluding hydrogens is 290 g/mol. The number of pyridine rings is 1. The Hall–Kier alpha value is -3.10. The van der Waals surface area contributed by atoms with E-state index in [1.165, 1.54) is 7.05 Å². The number of amides is 1. The van der Waals surface area contributed by atoms with E-state index in [1.807, 2.05) is 0 Å². The Morgan fingerprint density at radius 2 is 2.00 bits per heavy atom. The minimum absolute atomic E-state index is 0.0951. The van der Waals surface area contributed by atoms with E-state index in [1.54, 1.807) is 18.2 Å². The maximum absolute atomic E-state index is 10.7. The van der Waals surface area contributed by atoms with Crippen LogP contribution in [0.2, 0.25) is 0 Å². The van der Waals surface area contributed by atoms with Gasteiger partial charge >= 0.3 is 6.09 Å². The number of nitrogens with one attached hydrogen (secondary N) is 2. The van der Waals surface area contributed by atoms with Gasteiger partial charge in [-0.05, 0) is 18.2 Å². The third kappa shape index (κ3) is 4.78. The van der Waals surface area contributed by atoms with Crippen molar-refractivity contribution in [3.05, 3.63) is 29.6 Å². The maximum atomic E-state index is 10.7. The van der Waals surface area contributed by atoms with Gasteiger partial charge in [-0.2, -0.15) is 0 Å². The molecule has 6 N–H and O–H groups in total. The first-order valence-electron chi connectivity index (χ1n) is 6.17. The van der Waals surface area contributed by atoms with Gasteiger partial charge in [-0.15, -0.1) is 0 Å². The highest BCUT2D eigenvalue weighted by Crippen LogP contribution is 2.14. The van der Waals surface area contributed by atoms with Crippen molar-refractivity contribution in [3.63, 3.8) is 0 Å². The SMILES string of the molecule is CC(=O)O.CN(Cc1cc2nc(C(=N)N)ccc2[nH]1)C(=O)O. The minimum atomic E-state index is -0.994. The lowest BCUT2D eigenvalue weighted by Crippen LogP contribution is -2.23. The summed E-state index contributed by atoms with van der Waals surface area (Å²) in [5.74, 6) is -0.928. The van der Waals surface area contributed by atoms with Gasteiger partial charge in [0.2, 0.25) is 0 Å². The average Bonchev–Trinajstić information content (AvgIpc) is 2.78. The Kier molecular flexibility index (Phi) is 5.44. The molecule has 2 aromatic heterocycles. The van der Waals surface area contributed by atoms with Gasteiger partial charge in [-0.1, -0.05) is 0 Å². The van der Waals surface area contributed by atoms with E-state index in [2.05, 4.69) is 9.97 Å². The van der Waals surface area contributed by atoms with Crippen LogP contribution < -0.4 is 5.73 Å². The first-order valence-corrected chi connectivity index (χ1v) is 6.17. The quantitative estimate of drug-likeness (QED) is 0.421. The highest BCUT2D eigenvalue weighted by Gasteiger charge is 2.09. The number of rotatable bonds is 3. The zero-order valence-electron chi connectivity index (χ0n) is 12.1. The van der Waals surface area contributed by atoms with E-state index in [0.717, 1.165) is 23.0 Å². The van der Waals surface area contributed by atoms with Crippen LogP contribution in [0.25, 0.3) is 11.0 Å². The van der Waals surface area contributed by atoms with Crippen LogP contribution in [0.1, 0.15) is 18.3 Å². The zero-order valence-corrected chi connectivity index (χ0v) is 12.1. The molecular formula is C13H17N5O4. The van der Waals surface area contributed by atoms with Crippen LogP contribution in [-0.2, 0) is 11.3 Å². The van der Waals surface area contributed by atoms with E-state index in [0.29, 0.717) is 11.2 Å². The van der Waals surface area contributed by atoms with Gasteiger partial charge in [-0.25, -0.2) is 9.78 Å². The molecule has 0 unspecified atom stereocenters. The molecule has 9 heteroatoms. The van der Waals surface area contributed by atoms with E-state index >= 15 is 0 Å². The summed E-state index contributed by atoms with van der Waals surface area (Å²) in [5, 5.41) is 23.5. The number of carbonyl (C=O) groups is 2. The molecule has 0 aliphatic rings. The summed E-state index contributed by atoms with van der Waals surface area (Å²) in [6, 6.07) is 5.16. The van der Waals surface area contributed by atoms with Crippen LogP contribution in [0.4, 0.5) is 4.79 Å². The number of carboxylic acid groups (broad SMARTS) is 2. The molecule has 0 bridgehead atoms. The third-order valence-corrected chi connectivity index (χ3v) is 2.54. The summed E-state index contributed by atoms with van der Waals surface area (Å²) in [4.78, 5) is 28.1. The highest BCUT2D eigenvalue weighted by molar-refractivity contribution is 5.95. The van der Waals surface area contributed by atoms with Gasteiger partial charge in [0.1, 0.15) is 11.5 Å². The van der Waals surface area contributed by atoms with Crippen LogP contribution in [0.5, 0.6) is 0 Å². The molecule has 118 valence electrons. The summed E-state index contributed by atoms with van der Waals surface area (Å²) in [6.45, 7) is 1.33. The number of amidine groups is 1. The maximum Gasteiger partial charge on any atom is 0.407 e. The van der Waals surface area contributed by atoms with Crippen LogP contribution in [-0.4, -0.2) is 50.0 Å². The van der Waals surface area contributed by atoms with Crippen molar-refractivity contribution in [2.45, 2.75) is 13.5 Å². The number of nitrogens with zero attached hydrogens (tertiary/aromatic N) is 2. The second-order valence-electron chi connectivity index (χ2n) is 4.50. The summed E-state index contributed by atoms with van der Waals surface area (Å²) in [6.07, 6.45) is -0.994. The second-order valence-corrected chi connectivity index (χ2v) is 4.50. The molecule has 0 fully saturated rings. The fourth-order valence-corrected chi connectivity index (χ4v) is 1.62. The van der Waals surface area contributed by atoms with E-state index in [4.69, 9.17) is 26.2 Å². The van der Waals surface area contributed by atoms with Gasteiger partial charge in [-0.3, -0.25) is 10.2 Å². The molecule has 0 aromatic carbocycles. The summed E-state index contributed by atoms with van der Waals surface area (Å²) < 4.78 is 0. The monoisotopic (exact) mass is 307 g/mol. The molecule has 0 atom stereocenters. The molecule has 0 saturated carbocycles. The van der Waals surface area contributed by atoms with E-state index in [-0.39, 0.29) is 12.4 Å². The standard InChI is InChI=1S/C11H13N5O2.C2H4O2/c1-16(11(17)18)5-6-4-9-7(14-6)2-3-8(15-9)10(12)13;1-2(3)4/h2-4,14H,5H2,1H3,(H3,12,13)(H,17,18);1H3,(H,3,4). The molecule has 2 rings (SSSR count). The molecule has 22 heavy (non-hydrogen) atoms. The van der Waals surface area contributed by atoms with Gasteiger partial charge < -0.3 is 25.8 Å². The molecule has 1 amide bonds. The lowest BCUT2D eigenvalue weighted by atomic mass is 10.3. The lowest BCUT2D eigenvalue weighted by Gasteiger charge is -2.10. The van der Waals surface area contributed by atoms with Gasteiger partial charge in [0.05, 0.1) is 17.6 Å². The molecule has 2 aromatic rings. The van der Waals surface area contributed by atoms with Crippen molar-refractivity contribution >= 4 is 28.9 Å². The smallest absolute Gasteiger partial charge is 0.407 e. The summed E-state index contributed by atoms with van der Waals surface area (Å²) in [5.41, 5.74) is 7.95. The fraction of sp³-hybridized carbons (Fsp3) is 0.231. The van der Waals surface area contributed by atoms with E-state index < -0.39 is 12.1 Å². The number of aromatic amines is 1. The molecule has 2 heterocycles. The molecule has 0 aliphatic carbocycles. The first-order chi connectivity index (χ1) is 10.2. The van der Waals surface area contributed by atoms with Gasteiger partial charge in [0, 0.05) is 19.7 Å². The zero-order chi connectivity index (χ0) is 16.9. The number of aliphatic carboxylic acids is 1. The fourth-order valence-electron chi connectivity index (χ4n) is 1.62. The Balaban J connectivity index is 0.000000541. The normalized spacial score (nSPS) is 9.73. The van der Waals surface area contributed by atoms with E-state index in [9.17, 15) is 4.79 Å². The van der Waals surface area contributed by atoms with Crippen molar-refractivity contribution in [1.82, 2.24) is 14.9 Å². The largest absolute Gasteiger partial charge is 0.481 e. The van der Waals surface area contributed by atoms with Crippen LogP contribution >= 0.6 is 0 Å². The Bertz CT molecular complexity index is 706. The van der Waals surface area contributed by atoms with Crippen molar-refractivity contribution in [3.8, 4) is 0 Å². The molecule has 0 saturated heterocycles. The number of nitrogens with two attached hydrogens (primary N) is 1. The Labute approximate surface area is 125 Å². The predicted molar refractivity (Wildman–Crippen MR) is 79.9 cm³/mol. The average molecular weight is 307 g/mol. The van der Waals surface area contributed by atoms with Crippen LogP contribution in [0.15, 0.2) is 18.2 Å². The van der Waals surface area contributed by atoms with Crippen LogP contribution in [0, 0.1) is 5.41 Å². The van der Waals surface area contributed by atoms with Crippen molar-refractivity contribution in [1.29, 1.82) is 5.41 Å². The van der Waals surface area contributed by atoms with Crippen molar-refractivity contribution in [2.24, 2.45) is 5.73 Å². The number of hydrogen-bond acceptors (Lipinski definition) is 4. The van der Waals surface area contributed by atoms with Gasteiger partial charge in [0.25, 0.3) is 5.97 Å². The highest BCUT2D eigenvalue weighted by atomic mass is 16.4. The lowest BCUT2D eigenvalue weighted by molar-refractivity contribution is -0.134. The first kappa shape index (κ1) is 17.0. The molecule has 0 spiro atoms.